The summed E-state index contributed by atoms with van der Waals surface area (Å²) in [5, 5.41) is 7.82. The van der Waals surface area contributed by atoms with Crippen molar-refractivity contribution in [2.24, 2.45) is 5.92 Å². The predicted molar refractivity (Wildman–Crippen MR) is 125 cm³/mol. The first-order valence-electron chi connectivity index (χ1n) is 10.6. The Balaban J connectivity index is 1.47. The van der Waals surface area contributed by atoms with E-state index in [9.17, 15) is 4.79 Å². The van der Waals surface area contributed by atoms with E-state index in [0.717, 1.165) is 52.7 Å². The van der Waals surface area contributed by atoms with E-state index < -0.39 is 0 Å². The molecular formula is C22H26N6OS2. The van der Waals surface area contributed by atoms with E-state index in [4.69, 9.17) is 0 Å². The fraction of sp³-hybridized carbons (Fsp3) is 0.409. The van der Waals surface area contributed by atoms with Crippen molar-refractivity contribution in [2.75, 3.05) is 17.2 Å². The number of hydrogen-bond donors (Lipinski definition) is 2. The first-order chi connectivity index (χ1) is 15.1. The topological polar surface area (TPSA) is 92.7 Å². The minimum atomic E-state index is 0.297. The molecule has 0 spiro atoms. The number of hydrogen-bond acceptors (Lipinski definition) is 9. The van der Waals surface area contributed by atoms with E-state index >= 15 is 0 Å². The summed E-state index contributed by atoms with van der Waals surface area (Å²) in [5.74, 6) is 1.67. The molecule has 1 aromatic carbocycles. The molecule has 0 bridgehead atoms. The van der Waals surface area contributed by atoms with Crippen LogP contribution in [0.4, 0.5) is 17.0 Å². The molecule has 2 N–H and O–H groups in total. The van der Waals surface area contributed by atoms with Gasteiger partial charge < -0.3 is 5.32 Å². The lowest BCUT2D eigenvalue weighted by molar-refractivity contribution is -0.119. The number of thiazole rings is 1. The molecule has 4 rings (SSSR count). The normalized spacial score (nSPS) is 13.2. The number of carbonyl (C=O) groups is 1. The highest BCUT2D eigenvalue weighted by Crippen LogP contribution is 2.32. The van der Waals surface area contributed by atoms with Gasteiger partial charge in [0.2, 0.25) is 11.9 Å². The molecule has 0 aliphatic heterocycles. The second-order valence-electron chi connectivity index (χ2n) is 7.61. The maximum atomic E-state index is 12.0. The Kier molecular flexibility index (Phi) is 7.14. The molecule has 2 heterocycles. The number of carbonyl (C=O) groups excluding carboxylic acids is 1. The molecular weight excluding hydrogens is 428 g/mol. The minimum absolute atomic E-state index is 0.297. The van der Waals surface area contributed by atoms with Crippen LogP contribution < -0.4 is 10.6 Å². The summed E-state index contributed by atoms with van der Waals surface area (Å²) in [6, 6.07) is 8.07. The van der Waals surface area contributed by atoms with Gasteiger partial charge in [0.1, 0.15) is 5.78 Å². The van der Waals surface area contributed by atoms with Crippen LogP contribution in [0, 0.1) is 12.8 Å². The molecule has 3 aromatic rings. The molecule has 1 saturated carbocycles. The zero-order chi connectivity index (χ0) is 21.6. The summed E-state index contributed by atoms with van der Waals surface area (Å²) in [7, 11) is 0. The fourth-order valence-electron chi connectivity index (χ4n) is 2.95. The summed E-state index contributed by atoms with van der Waals surface area (Å²) < 4.78 is 0. The molecule has 31 heavy (non-hydrogen) atoms. The van der Waals surface area contributed by atoms with E-state index in [1.54, 1.807) is 11.3 Å². The van der Waals surface area contributed by atoms with Crippen molar-refractivity contribution in [1.29, 1.82) is 0 Å². The van der Waals surface area contributed by atoms with Crippen LogP contribution in [-0.4, -0.2) is 32.3 Å². The molecule has 0 amide bonds. The molecule has 0 unspecified atom stereocenters. The number of nitrogens with one attached hydrogen (secondary N) is 2. The predicted octanol–water partition coefficient (Wildman–Crippen LogP) is 5.26. The van der Waals surface area contributed by atoms with Gasteiger partial charge in [-0.15, -0.1) is 11.3 Å². The smallest absolute Gasteiger partial charge is 0.234 e. The zero-order valence-corrected chi connectivity index (χ0v) is 19.4. The highest BCUT2D eigenvalue weighted by molar-refractivity contribution is 7.99. The van der Waals surface area contributed by atoms with Crippen LogP contribution in [-0.2, 0) is 11.2 Å². The van der Waals surface area contributed by atoms with Crippen LogP contribution in [0.15, 0.2) is 40.5 Å². The maximum Gasteiger partial charge on any atom is 0.234 e. The van der Waals surface area contributed by atoms with Gasteiger partial charge in [0.15, 0.2) is 10.3 Å². The highest BCUT2D eigenvalue weighted by atomic mass is 32.2. The monoisotopic (exact) mass is 454 g/mol. The fourth-order valence-corrected chi connectivity index (χ4v) is 4.36. The highest BCUT2D eigenvalue weighted by Gasteiger charge is 2.29. The van der Waals surface area contributed by atoms with Crippen LogP contribution >= 0.6 is 23.1 Å². The number of unbranched alkanes of at least 4 members (excludes halogenated alkanes) is 1. The van der Waals surface area contributed by atoms with Crippen molar-refractivity contribution in [3.05, 3.63) is 40.9 Å². The first kappa shape index (κ1) is 21.7. The number of benzene rings is 1. The first-order valence-corrected chi connectivity index (χ1v) is 12.2. The molecule has 1 aliphatic rings. The van der Waals surface area contributed by atoms with Crippen molar-refractivity contribution < 1.29 is 4.79 Å². The van der Waals surface area contributed by atoms with E-state index in [-0.39, 0.29) is 0 Å². The Bertz CT molecular complexity index is 1030. The van der Waals surface area contributed by atoms with E-state index in [1.807, 2.05) is 37.4 Å². The second kappa shape index (κ2) is 10.2. The van der Waals surface area contributed by atoms with Crippen molar-refractivity contribution in [2.45, 2.75) is 56.0 Å². The van der Waals surface area contributed by atoms with Crippen molar-refractivity contribution >= 4 is 45.9 Å². The van der Waals surface area contributed by atoms with Crippen molar-refractivity contribution in [1.82, 2.24) is 19.9 Å². The summed E-state index contributed by atoms with van der Waals surface area (Å²) in [5.41, 5.74) is 1.06. The number of nitrogens with zero attached hydrogens (tertiary/aromatic N) is 4. The Morgan fingerprint density at radius 3 is 2.61 bits per heavy atom. The van der Waals surface area contributed by atoms with Crippen LogP contribution in [0.5, 0.6) is 0 Å². The number of aromatic nitrogens is 4. The molecule has 9 heteroatoms. The number of Topliss-reactive ketones (excluding diaryl/α,β-unsaturated/α-hetero) is 1. The number of anilines is 3. The van der Waals surface area contributed by atoms with Gasteiger partial charge in [0.05, 0.1) is 0 Å². The van der Waals surface area contributed by atoms with Crippen LogP contribution in [0.2, 0.25) is 0 Å². The lowest BCUT2D eigenvalue weighted by atomic mass is 10.1. The van der Waals surface area contributed by atoms with E-state index in [2.05, 4.69) is 37.5 Å². The molecule has 162 valence electrons. The van der Waals surface area contributed by atoms with E-state index in [1.165, 1.54) is 11.8 Å². The van der Waals surface area contributed by atoms with Gasteiger partial charge in [-0.05, 0) is 55.6 Å². The lowest BCUT2D eigenvalue weighted by Crippen LogP contribution is -2.09. The Morgan fingerprint density at radius 1 is 1.16 bits per heavy atom. The number of rotatable bonds is 11. The van der Waals surface area contributed by atoms with E-state index in [0.29, 0.717) is 35.2 Å². The third kappa shape index (κ3) is 6.48. The number of aryl methyl sites for hydroxylation is 1. The molecule has 0 radical (unpaired) electrons. The molecule has 1 aliphatic carbocycles. The van der Waals surface area contributed by atoms with Gasteiger partial charge in [-0.3, -0.25) is 10.1 Å². The van der Waals surface area contributed by atoms with Gasteiger partial charge in [-0.2, -0.15) is 15.0 Å². The van der Waals surface area contributed by atoms with Crippen LogP contribution in [0.3, 0.4) is 0 Å². The standard InChI is InChI=1S/C22H26N6OS2/c1-3-4-11-23-19-25-20(27-21-24-13-14(2)30-21)28-22(26-19)31-17-9-5-15(6-10-17)12-18(29)16-7-8-16/h5-6,9-10,13,16H,3-4,7-8,11-12H2,1-2H3,(H2,23,24,25,26,27,28). The molecule has 0 saturated heterocycles. The molecule has 2 aromatic heterocycles. The third-order valence-corrected chi connectivity index (χ3v) is 6.51. The van der Waals surface area contributed by atoms with Gasteiger partial charge in [-0.1, -0.05) is 25.5 Å². The summed E-state index contributed by atoms with van der Waals surface area (Å²) in [6.45, 7) is 4.97. The third-order valence-electron chi connectivity index (χ3n) is 4.81. The summed E-state index contributed by atoms with van der Waals surface area (Å²) in [6.07, 6.45) is 6.59. The average molecular weight is 455 g/mol. The molecule has 1 fully saturated rings. The SMILES string of the molecule is CCCCNc1nc(Nc2ncc(C)s2)nc(Sc2ccc(CC(=O)C3CC3)cc2)n1. The summed E-state index contributed by atoms with van der Waals surface area (Å²) >= 11 is 3.03. The van der Waals surface area contributed by atoms with Crippen LogP contribution in [0.1, 0.15) is 43.0 Å². The maximum absolute atomic E-state index is 12.0. The minimum Gasteiger partial charge on any atom is -0.354 e. The molecule has 7 nitrogen and oxygen atoms in total. The second-order valence-corrected chi connectivity index (χ2v) is 9.89. The lowest BCUT2D eigenvalue weighted by Gasteiger charge is -2.09. The quantitative estimate of drug-likeness (QED) is 0.379. The Morgan fingerprint density at radius 2 is 1.94 bits per heavy atom. The number of ketones is 1. The van der Waals surface area contributed by atoms with Gasteiger partial charge in [-0.25, -0.2) is 4.98 Å². The Hall–Kier alpha value is -2.52. The van der Waals surface area contributed by atoms with Gasteiger partial charge >= 0.3 is 0 Å². The van der Waals surface area contributed by atoms with Crippen molar-refractivity contribution in [3.63, 3.8) is 0 Å². The summed E-state index contributed by atoms with van der Waals surface area (Å²) in [4.78, 5) is 32.1. The van der Waals surface area contributed by atoms with Gasteiger partial charge in [0, 0.05) is 34.9 Å². The largest absolute Gasteiger partial charge is 0.354 e. The average Bonchev–Trinajstić information content (AvgIpc) is 3.52. The van der Waals surface area contributed by atoms with Crippen molar-refractivity contribution in [3.8, 4) is 0 Å². The van der Waals surface area contributed by atoms with Gasteiger partial charge in [0.25, 0.3) is 0 Å². The molecule has 0 atom stereocenters. The van der Waals surface area contributed by atoms with Crippen LogP contribution in [0.25, 0.3) is 0 Å². The zero-order valence-electron chi connectivity index (χ0n) is 17.7. The Labute approximate surface area is 190 Å².